The van der Waals surface area contributed by atoms with Crippen LogP contribution >= 0.6 is 0 Å². The highest BCUT2D eigenvalue weighted by Gasteiger charge is 2.36. The van der Waals surface area contributed by atoms with E-state index in [1.165, 1.54) is 7.05 Å². The predicted molar refractivity (Wildman–Crippen MR) is 76.4 cm³/mol. The molecule has 0 bridgehead atoms. The van der Waals surface area contributed by atoms with Gasteiger partial charge in [0.05, 0.1) is 0 Å². The summed E-state index contributed by atoms with van der Waals surface area (Å²) in [6.07, 6.45) is -1.51. The van der Waals surface area contributed by atoms with Crippen molar-refractivity contribution in [3.8, 4) is 0 Å². The molecule has 1 fully saturated rings. The molecule has 2 rings (SSSR count). The second-order valence-electron chi connectivity index (χ2n) is 5.79. The Morgan fingerprint density at radius 1 is 1.33 bits per heavy atom. The van der Waals surface area contributed by atoms with Gasteiger partial charge in [-0.25, -0.2) is 4.98 Å². The fraction of sp³-hybridized carbons (Fsp3) is 0.714. The van der Waals surface area contributed by atoms with Crippen LogP contribution in [-0.4, -0.2) is 29.6 Å². The summed E-state index contributed by atoms with van der Waals surface area (Å²) in [4.78, 5) is 9.70. The lowest BCUT2D eigenvalue weighted by atomic mass is 10.1. The third-order valence-electron chi connectivity index (χ3n) is 3.46. The molecule has 1 aliphatic rings. The van der Waals surface area contributed by atoms with Gasteiger partial charge in [-0.05, 0) is 25.2 Å². The average Bonchev–Trinajstić information content (AvgIpc) is 3.22. The van der Waals surface area contributed by atoms with Crippen molar-refractivity contribution in [2.24, 2.45) is 5.92 Å². The summed E-state index contributed by atoms with van der Waals surface area (Å²) in [5.74, 6) is 0.874. The highest BCUT2D eigenvalue weighted by Crippen LogP contribution is 2.35. The van der Waals surface area contributed by atoms with Gasteiger partial charge in [0, 0.05) is 25.7 Å². The number of nitrogens with zero attached hydrogens (tertiary/aromatic N) is 3. The maximum Gasteiger partial charge on any atom is 0.433 e. The lowest BCUT2D eigenvalue weighted by Gasteiger charge is -2.25. The Bertz CT molecular complexity index is 484. The van der Waals surface area contributed by atoms with Crippen molar-refractivity contribution in [3.63, 3.8) is 0 Å². The molecule has 7 heteroatoms. The van der Waals surface area contributed by atoms with E-state index in [4.69, 9.17) is 0 Å². The van der Waals surface area contributed by atoms with Gasteiger partial charge >= 0.3 is 6.18 Å². The number of halogens is 3. The molecule has 1 heterocycles. The van der Waals surface area contributed by atoms with E-state index in [-0.39, 0.29) is 5.95 Å². The van der Waals surface area contributed by atoms with E-state index in [0.29, 0.717) is 17.8 Å². The summed E-state index contributed by atoms with van der Waals surface area (Å²) < 4.78 is 38.8. The normalized spacial score (nSPS) is 15.4. The van der Waals surface area contributed by atoms with Gasteiger partial charge < -0.3 is 10.2 Å². The van der Waals surface area contributed by atoms with Gasteiger partial charge in [0.1, 0.15) is 5.82 Å². The van der Waals surface area contributed by atoms with E-state index >= 15 is 0 Å². The first kappa shape index (κ1) is 15.9. The average molecular weight is 302 g/mol. The third kappa shape index (κ3) is 4.22. The SMILES string of the molecule is CNc1nc(N(CCC(C)C)C2CC2)cc(C(F)(F)F)n1. The predicted octanol–water partition coefficient (Wildman–Crippen LogP) is 3.55. The molecule has 1 N–H and O–H groups in total. The van der Waals surface area contributed by atoms with Gasteiger partial charge in [-0.1, -0.05) is 13.8 Å². The topological polar surface area (TPSA) is 41.1 Å². The summed E-state index contributed by atoms with van der Waals surface area (Å²) in [5, 5.41) is 2.61. The molecular weight excluding hydrogens is 281 g/mol. The summed E-state index contributed by atoms with van der Waals surface area (Å²) >= 11 is 0. The molecule has 0 amide bonds. The summed E-state index contributed by atoms with van der Waals surface area (Å²) in [5.41, 5.74) is -0.896. The van der Waals surface area contributed by atoms with Gasteiger partial charge in [0.25, 0.3) is 0 Å². The molecule has 0 unspecified atom stereocenters. The molecule has 4 nitrogen and oxygen atoms in total. The molecule has 0 aromatic carbocycles. The van der Waals surface area contributed by atoms with Crippen LogP contribution in [0.5, 0.6) is 0 Å². The molecule has 1 aromatic heterocycles. The standard InChI is InChI=1S/C14H21F3N4/c1-9(2)6-7-21(10-4-5-10)12-8-11(14(15,16)17)19-13(18-3)20-12/h8-10H,4-7H2,1-3H3,(H,18,19,20). The lowest BCUT2D eigenvalue weighted by Crippen LogP contribution is -2.29. The minimum atomic E-state index is -4.46. The van der Waals surface area contributed by atoms with Crippen molar-refractivity contribution in [2.75, 3.05) is 23.8 Å². The smallest absolute Gasteiger partial charge is 0.357 e. The van der Waals surface area contributed by atoms with Crippen LogP contribution in [0.15, 0.2) is 6.07 Å². The Balaban J connectivity index is 2.30. The fourth-order valence-electron chi connectivity index (χ4n) is 2.11. The van der Waals surface area contributed by atoms with Crippen LogP contribution < -0.4 is 10.2 Å². The quantitative estimate of drug-likeness (QED) is 0.872. The second-order valence-corrected chi connectivity index (χ2v) is 5.79. The van der Waals surface area contributed by atoms with E-state index in [1.54, 1.807) is 0 Å². The van der Waals surface area contributed by atoms with Crippen LogP contribution in [0.2, 0.25) is 0 Å². The first-order valence-electron chi connectivity index (χ1n) is 7.22. The Labute approximate surface area is 122 Å². The van der Waals surface area contributed by atoms with E-state index in [0.717, 1.165) is 31.9 Å². The first-order valence-corrected chi connectivity index (χ1v) is 7.22. The largest absolute Gasteiger partial charge is 0.433 e. The Hall–Kier alpha value is -1.53. The molecular formula is C14H21F3N4. The monoisotopic (exact) mass is 302 g/mol. The molecule has 1 aliphatic carbocycles. The first-order chi connectivity index (χ1) is 9.81. The maximum atomic E-state index is 12.9. The van der Waals surface area contributed by atoms with Gasteiger partial charge in [-0.15, -0.1) is 0 Å². The van der Waals surface area contributed by atoms with E-state index in [9.17, 15) is 13.2 Å². The van der Waals surface area contributed by atoms with Crippen molar-refractivity contribution in [2.45, 2.75) is 45.3 Å². The molecule has 118 valence electrons. The Morgan fingerprint density at radius 2 is 2.00 bits per heavy atom. The van der Waals surface area contributed by atoms with Gasteiger partial charge in [0.2, 0.25) is 5.95 Å². The molecule has 0 spiro atoms. The lowest BCUT2D eigenvalue weighted by molar-refractivity contribution is -0.141. The molecule has 21 heavy (non-hydrogen) atoms. The van der Waals surface area contributed by atoms with Crippen molar-refractivity contribution in [3.05, 3.63) is 11.8 Å². The molecule has 0 saturated heterocycles. The van der Waals surface area contributed by atoms with Crippen molar-refractivity contribution < 1.29 is 13.2 Å². The zero-order valence-corrected chi connectivity index (χ0v) is 12.5. The number of anilines is 2. The van der Waals surface area contributed by atoms with Gasteiger partial charge in [-0.3, -0.25) is 0 Å². The van der Waals surface area contributed by atoms with Crippen LogP contribution in [0, 0.1) is 5.92 Å². The number of nitrogens with one attached hydrogen (secondary N) is 1. The summed E-state index contributed by atoms with van der Waals surface area (Å²) in [7, 11) is 1.52. The summed E-state index contributed by atoms with van der Waals surface area (Å²) in [6.45, 7) is 4.93. The van der Waals surface area contributed by atoms with Crippen molar-refractivity contribution in [1.82, 2.24) is 9.97 Å². The van der Waals surface area contributed by atoms with Crippen LogP contribution in [0.1, 0.15) is 38.8 Å². The van der Waals surface area contributed by atoms with Crippen LogP contribution in [0.25, 0.3) is 0 Å². The number of hydrogen-bond donors (Lipinski definition) is 1. The number of aromatic nitrogens is 2. The molecule has 0 atom stereocenters. The highest BCUT2D eigenvalue weighted by molar-refractivity contribution is 5.47. The van der Waals surface area contributed by atoms with Crippen LogP contribution in [0.3, 0.4) is 0 Å². The van der Waals surface area contributed by atoms with Crippen LogP contribution in [0.4, 0.5) is 24.9 Å². The number of alkyl halides is 3. The summed E-state index contributed by atoms with van der Waals surface area (Å²) in [6, 6.07) is 1.36. The van der Waals surface area contributed by atoms with Crippen molar-refractivity contribution >= 4 is 11.8 Å². The third-order valence-corrected chi connectivity index (χ3v) is 3.46. The van der Waals surface area contributed by atoms with Gasteiger partial charge in [0.15, 0.2) is 5.69 Å². The van der Waals surface area contributed by atoms with Crippen LogP contribution in [-0.2, 0) is 6.18 Å². The minimum Gasteiger partial charge on any atom is -0.357 e. The fourth-order valence-corrected chi connectivity index (χ4v) is 2.11. The molecule has 0 aliphatic heterocycles. The number of rotatable bonds is 6. The molecule has 0 radical (unpaired) electrons. The zero-order chi connectivity index (χ0) is 15.6. The Morgan fingerprint density at radius 3 is 2.48 bits per heavy atom. The second kappa shape index (κ2) is 6.07. The van der Waals surface area contributed by atoms with E-state index in [1.807, 2.05) is 4.90 Å². The number of hydrogen-bond acceptors (Lipinski definition) is 4. The molecule has 1 saturated carbocycles. The Kier molecular flexibility index (Phi) is 4.58. The highest BCUT2D eigenvalue weighted by atomic mass is 19.4. The zero-order valence-electron chi connectivity index (χ0n) is 12.5. The van der Waals surface area contributed by atoms with E-state index in [2.05, 4.69) is 29.1 Å². The van der Waals surface area contributed by atoms with E-state index < -0.39 is 11.9 Å². The minimum absolute atomic E-state index is 0.00928. The maximum absolute atomic E-state index is 12.9. The molecule has 1 aromatic rings. The van der Waals surface area contributed by atoms with Crippen molar-refractivity contribution in [1.29, 1.82) is 0 Å². The van der Waals surface area contributed by atoms with Gasteiger partial charge in [-0.2, -0.15) is 18.2 Å².